The number of aliphatic hydroxyl groups excluding tert-OH is 1. The Morgan fingerprint density at radius 1 is 1.39 bits per heavy atom. The molecule has 0 saturated heterocycles. The van der Waals surface area contributed by atoms with Gasteiger partial charge >= 0.3 is 0 Å². The lowest BCUT2D eigenvalue weighted by atomic mass is 10.1. The monoisotopic (exact) mass is 426 g/mol. The van der Waals surface area contributed by atoms with Gasteiger partial charge in [0, 0.05) is 29.7 Å². The fourth-order valence-corrected chi connectivity index (χ4v) is 3.29. The van der Waals surface area contributed by atoms with Crippen molar-refractivity contribution in [1.82, 2.24) is 15.4 Å². The highest BCUT2D eigenvalue weighted by Crippen LogP contribution is 2.31. The lowest BCUT2D eigenvalue weighted by Crippen LogP contribution is -2.51. The van der Waals surface area contributed by atoms with Gasteiger partial charge in [-0.25, -0.2) is 33.0 Å². The summed E-state index contributed by atoms with van der Waals surface area (Å²) in [5, 5.41) is 22.4. The number of aliphatic hydroxyl groups is 1. The first-order chi connectivity index (χ1) is 13.1. The number of rotatable bonds is 5. The van der Waals surface area contributed by atoms with Gasteiger partial charge < -0.3 is 10.3 Å². The Kier molecular flexibility index (Phi) is 5.50. The number of hydrogen-bond donors (Lipinski definition) is 2. The van der Waals surface area contributed by atoms with Crippen LogP contribution in [0, 0.1) is 11.0 Å². The standard InChI is InChI=1S/C17H16ClFN4O4S/c1-28(26,27)17-20-6-4-15(22-17)12-5-7-23(25,21-9-12)16(10-24)11-2-3-13(18)14(19)8-11/h2-9,16,21,24H,10H2,1H3. The average molecular weight is 427 g/mol. The zero-order chi connectivity index (χ0) is 20.5. The Hall–Kier alpha value is -2.37. The molecule has 0 amide bonds. The van der Waals surface area contributed by atoms with Crippen molar-refractivity contribution in [2.45, 2.75) is 11.2 Å². The first-order valence-electron chi connectivity index (χ1n) is 8.00. The largest absolute Gasteiger partial charge is 0.601 e. The Balaban J connectivity index is 1.89. The van der Waals surface area contributed by atoms with E-state index in [9.17, 15) is 23.1 Å². The van der Waals surface area contributed by atoms with Crippen molar-refractivity contribution < 1.29 is 22.7 Å². The van der Waals surface area contributed by atoms with E-state index in [-0.39, 0.29) is 15.7 Å². The van der Waals surface area contributed by atoms with Crippen LogP contribution in [0.5, 0.6) is 0 Å². The summed E-state index contributed by atoms with van der Waals surface area (Å²) in [6, 6.07) is 4.30. The molecule has 2 unspecified atom stereocenters. The van der Waals surface area contributed by atoms with E-state index in [0.29, 0.717) is 11.3 Å². The van der Waals surface area contributed by atoms with Crippen LogP contribution in [0.15, 0.2) is 54.1 Å². The van der Waals surface area contributed by atoms with Gasteiger partial charge in [-0.05, 0) is 18.2 Å². The van der Waals surface area contributed by atoms with E-state index in [0.717, 1.165) is 12.3 Å². The number of benzene rings is 1. The van der Waals surface area contributed by atoms with E-state index in [1.165, 1.54) is 42.9 Å². The number of quaternary nitrogens is 1. The van der Waals surface area contributed by atoms with Crippen molar-refractivity contribution in [3.05, 3.63) is 76.2 Å². The third-order valence-corrected chi connectivity index (χ3v) is 5.29. The van der Waals surface area contributed by atoms with Gasteiger partial charge in [-0.3, -0.25) is 0 Å². The summed E-state index contributed by atoms with van der Waals surface area (Å²) in [5.74, 6) is -0.698. The first kappa shape index (κ1) is 20.4. The molecule has 2 aromatic rings. The zero-order valence-corrected chi connectivity index (χ0v) is 16.2. The molecule has 3 rings (SSSR count). The van der Waals surface area contributed by atoms with E-state index < -0.39 is 33.1 Å². The smallest absolute Gasteiger partial charge is 0.247 e. The number of aromatic nitrogens is 2. The molecule has 2 heterocycles. The van der Waals surface area contributed by atoms with Crippen molar-refractivity contribution in [3.8, 4) is 0 Å². The quantitative estimate of drug-likeness (QED) is 0.427. The minimum Gasteiger partial charge on any atom is -0.601 e. The third-order valence-electron chi connectivity index (χ3n) is 4.12. The Morgan fingerprint density at radius 2 is 2.14 bits per heavy atom. The molecule has 0 aliphatic carbocycles. The van der Waals surface area contributed by atoms with Crippen LogP contribution >= 0.6 is 11.6 Å². The summed E-state index contributed by atoms with van der Waals surface area (Å²) in [5.41, 5.74) is 3.59. The molecule has 8 nitrogen and oxygen atoms in total. The van der Waals surface area contributed by atoms with Crippen LogP contribution in [0.4, 0.5) is 4.39 Å². The van der Waals surface area contributed by atoms with Crippen molar-refractivity contribution in [2.75, 3.05) is 12.9 Å². The summed E-state index contributed by atoms with van der Waals surface area (Å²) in [6.07, 6.45) is 6.29. The van der Waals surface area contributed by atoms with Crippen LogP contribution in [-0.4, -0.2) is 41.1 Å². The maximum Gasteiger partial charge on any atom is 0.247 e. The van der Waals surface area contributed by atoms with Gasteiger partial charge in [0.05, 0.1) is 16.9 Å². The van der Waals surface area contributed by atoms with E-state index in [1.807, 2.05) is 0 Å². The molecule has 148 valence electrons. The molecule has 1 aromatic heterocycles. The maximum absolute atomic E-state index is 13.7. The number of nitrogens with one attached hydrogen (secondary N) is 1. The second-order valence-corrected chi connectivity index (χ2v) is 8.44. The molecule has 1 aliphatic heterocycles. The third kappa shape index (κ3) is 4.05. The van der Waals surface area contributed by atoms with E-state index in [2.05, 4.69) is 15.4 Å². The molecule has 1 aromatic carbocycles. The van der Waals surface area contributed by atoms with Gasteiger partial charge in [0.2, 0.25) is 15.0 Å². The second-order valence-electron chi connectivity index (χ2n) is 6.12. The molecule has 0 spiro atoms. The van der Waals surface area contributed by atoms with Crippen LogP contribution in [-0.2, 0) is 9.84 Å². The normalized spacial score (nSPS) is 20.4. The van der Waals surface area contributed by atoms with Gasteiger partial charge in [0.1, 0.15) is 18.6 Å². The lowest BCUT2D eigenvalue weighted by Gasteiger charge is -2.44. The Labute approximate surface area is 165 Å². The van der Waals surface area contributed by atoms with E-state index in [1.54, 1.807) is 0 Å². The minimum atomic E-state index is -3.59. The van der Waals surface area contributed by atoms with Crippen LogP contribution in [0.2, 0.25) is 5.02 Å². The Bertz CT molecular complexity index is 1080. The molecule has 11 heteroatoms. The van der Waals surface area contributed by atoms with Gasteiger partial charge in [-0.1, -0.05) is 17.7 Å². The second kappa shape index (κ2) is 7.57. The van der Waals surface area contributed by atoms with Crippen molar-refractivity contribution in [2.24, 2.45) is 0 Å². The van der Waals surface area contributed by atoms with Crippen molar-refractivity contribution in [3.63, 3.8) is 0 Å². The topological polar surface area (TPSA) is 115 Å². The van der Waals surface area contributed by atoms with Gasteiger partial charge in [-0.2, -0.15) is 0 Å². The first-order valence-corrected chi connectivity index (χ1v) is 10.3. The van der Waals surface area contributed by atoms with Crippen LogP contribution in [0.3, 0.4) is 0 Å². The predicted octanol–water partition coefficient (Wildman–Crippen LogP) is 2.09. The van der Waals surface area contributed by atoms with Gasteiger partial charge in [-0.15, -0.1) is 0 Å². The highest BCUT2D eigenvalue weighted by molar-refractivity contribution is 7.90. The molecule has 0 bridgehead atoms. The summed E-state index contributed by atoms with van der Waals surface area (Å²) in [6.45, 7) is -0.559. The average Bonchev–Trinajstić information content (AvgIpc) is 2.65. The van der Waals surface area contributed by atoms with Gasteiger partial charge in [0.15, 0.2) is 6.04 Å². The molecule has 2 N–H and O–H groups in total. The zero-order valence-electron chi connectivity index (χ0n) is 14.6. The molecule has 0 fully saturated rings. The summed E-state index contributed by atoms with van der Waals surface area (Å²) < 4.78 is 35.8. The van der Waals surface area contributed by atoms with E-state index in [4.69, 9.17) is 11.6 Å². The number of hydrogen-bond acceptors (Lipinski definition) is 7. The van der Waals surface area contributed by atoms with Gasteiger partial charge in [0.25, 0.3) is 0 Å². The fourth-order valence-electron chi connectivity index (χ4n) is 2.65. The number of hydroxylamine groups is 2. The number of allylic oxidation sites excluding steroid dienone is 2. The van der Waals surface area contributed by atoms with Crippen molar-refractivity contribution >= 4 is 27.0 Å². The molecule has 1 aliphatic rings. The summed E-state index contributed by atoms with van der Waals surface area (Å²) in [7, 11) is -3.59. The summed E-state index contributed by atoms with van der Waals surface area (Å²) >= 11 is 5.67. The molecule has 0 saturated carbocycles. The molecule has 28 heavy (non-hydrogen) atoms. The van der Waals surface area contributed by atoms with E-state index >= 15 is 0 Å². The van der Waals surface area contributed by atoms with Crippen LogP contribution < -0.4 is 5.43 Å². The van der Waals surface area contributed by atoms with Crippen molar-refractivity contribution in [1.29, 1.82) is 0 Å². The SMILES string of the molecule is CS(=O)(=O)c1nccc(C2=CN[N+]([O-])(C(CO)c3ccc(Cl)c(F)c3)C=C2)n1. The summed E-state index contributed by atoms with van der Waals surface area (Å²) in [4.78, 5) is 7.69. The lowest BCUT2D eigenvalue weighted by molar-refractivity contribution is -0.901. The molecule has 2 atom stereocenters. The maximum atomic E-state index is 13.7. The minimum absolute atomic E-state index is 0.0901. The number of nitrogens with zero attached hydrogens (tertiary/aromatic N) is 3. The molecule has 0 radical (unpaired) electrons. The molecular formula is C17H16ClFN4O4S. The number of halogens is 2. The Morgan fingerprint density at radius 3 is 2.71 bits per heavy atom. The number of sulfone groups is 1. The van der Waals surface area contributed by atoms with Crippen LogP contribution in [0.1, 0.15) is 17.3 Å². The fraction of sp³-hybridized carbons (Fsp3) is 0.176. The highest BCUT2D eigenvalue weighted by Gasteiger charge is 2.31. The predicted molar refractivity (Wildman–Crippen MR) is 100 cm³/mol. The highest BCUT2D eigenvalue weighted by atomic mass is 35.5. The van der Waals surface area contributed by atoms with Crippen LogP contribution in [0.25, 0.3) is 5.57 Å². The molecular weight excluding hydrogens is 411 g/mol.